The van der Waals surface area contributed by atoms with Gasteiger partial charge in [-0.1, -0.05) is 42.0 Å². The van der Waals surface area contributed by atoms with E-state index in [1.54, 1.807) is 50.2 Å². The highest BCUT2D eigenvalue weighted by Gasteiger charge is 2.38. The van der Waals surface area contributed by atoms with Gasteiger partial charge in [-0.3, -0.25) is 4.40 Å². The summed E-state index contributed by atoms with van der Waals surface area (Å²) < 4.78 is 70.4. The molecule has 7 nitrogen and oxygen atoms in total. The first-order valence-corrected chi connectivity index (χ1v) is 12.3. The van der Waals surface area contributed by atoms with Gasteiger partial charge in [0.15, 0.2) is 5.65 Å². The molecule has 186 valence electrons. The number of imidazole rings is 1. The molecule has 2 aromatic carbocycles. The van der Waals surface area contributed by atoms with Crippen LogP contribution in [-0.4, -0.2) is 31.9 Å². The second-order valence-corrected chi connectivity index (χ2v) is 10.9. The first-order chi connectivity index (χ1) is 16.8. The van der Waals surface area contributed by atoms with Gasteiger partial charge in [-0.05, 0) is 44.5 Å². The lowest BCUT2D eigenvalue weighted by Gasteiger charge is -2.17. The molecule has 5 rings (SSSR count). The zero-order chi connectivity index (χ0) is 26.0. The van der Waals surface area contributed by atoms with Crippen LogP contribution in [0.5, 0.6) is 0 Å². The second-order valence-electron chi connectivity index (χ2n) is 9.04. The number of aryl methyl sites for hydroxylation is 1. The van der Waals surface area contributed by atoms with Gasteiger partial charge >= 0.3 is 6.18 Å². The molecular formula is C25H21F3N4O3S. The minimum atomic E-state index is -4.82. The molecule has 5 aromatic rings. The molecule has 0 fully saturated rings. The van der Waals surface area contributed by atoms with E-state index in [4.69, 9.17) is 0 Å². The Hall–Kier alpha value is -3.70. The Morgan fingerprint density at radius 2 is 1.56 bits per heavy atom. The SMILES string of the molecule is Cc1ccc(S(=O)(=O)n2ccc3c2ncc2c(-c4ccc(C(C)(C)O)cc4)nc(C(F)(F)F)n23)cc1. The normalized spacial score (nSPS) is 13.1. The van der Waals surface area contributed by atoms with E-state index in [0.29, 0.717) is 11.1 Å². The Balaban J connectivity index is 1.74. The van der Waals surface area contributed by atoms with Crippen molar-refractivity contribution in [1.82, 2.24) is 18.3 Å². The summed E-state index contributed by atoms with van der Waals surface area (Å²) in [5, 5.41) is 10.2. The summed E-state index contributed by atoms with van der Waals surface area (Å²) in [4.78, 5) is 8.11. The van der Waals surface area contributed by atoms with Crippen molar-refractivity contribution in [3.05, 3.63) is 83.9 Å². The molecule has 0 saturated heterocycles. The summed E-state index contributed by atoms with van der Waals surface area (Å²) in [5.41, 5.74) is 0.615. The summed E-state index contributed by atoms with van der Waals surface area (Å²) in [6.07, 6.45) is -2.45. The van der Waals surface area contributed by atoms with E-state index in [2.05, 4.69) is 9.97 Å². The number of aliphatic hydroxyl groups is 1. The number of aromatic nitrogens is 4. The zero-order valence-electron chi connectivity index (χ0n) is 19.4. The van der Waals surface area contributed by atoms with Crippen molar-refractivity contribution in [2.75, 3.05) is 0 Å². The first kappa shape index (κ1) is 24.0. The van der Waals surface area contributed by atoms with Crippen LogP contribution >= 0.6 is 0 Å². The maximum absolute atomic E-state index is 14.1. The Labute approximate surface area is 204 Å². The smallest absolute Gasteiger partial charge is 0.386 e. The third kappa shape index (κ3) is 3.84. The third-order valence-corrected chi connectivity index (χ3v) is 7.65. The van der Waals surface area contributed by atoms with Gasteiger partial charge in [-0.2, -0.15) is 13.2 Å². The summed E-state index contributed by atoms with van der Waals surface area (Å²) in [7, 11) is -4.10. The predicted molar refractivity (Wildman–Crippen MR) is 128 cm³/mol. The quantitative estimate of drug-likeness (QED) is 0.359. The number of hydrogen-bond donors (Lipinski definition) is 1. The molecule has 0 unspecified atom stereocenters. The Kier molecular flexibility index (Phi) is 5.27. The van der Waals surface area contributed by atoms with Crippen LogP contribution in [0, 0.1) is 6.92 Å². The average molecular weight is 515 g/mol. The molecule has 0 saturated carbocycles. The largest absolute Gasteiger partial charge is 0.450 e. The number of fused-ring (bicyclic) bond motifs is 3. The first-order valence-electron chi connectivity index (χ1n) is 10.9. The van der Waals surface area contributed by atoms with E-state index in [1.807, 2.05) is 6.92 Å². The van der Waals surface area contributed by atoms with Gasteiger partial charge in [0.25, 0.3) is 10.0 Å². The molecule has 1 N–H and O–H groups in total. The average Bonchev–Trinajstić information content (AvgIpc) is 3.41. The van der Waals surface area contributed by atoms with E-state index in [1.165, 1.54) is 30.6 Å². The highest BCUT2D eigenvalue weighted by molar-refractivity contribution is 7.90. The number of halogens is 3. The number of alkyl halides is 3. The molecule has 0 aliphatic rings. The number of benzene rings is 2. The molecule has 3 heterocycles. The summed E-state index contributed by atoms with van der Waals surface area (Å²) >= 11 is 0. The fourth-order valence-electron chi connectivity index (χ4n) is 4.07. The van der Waals surface area contributed by atoms with Crippen molar-refractivity contribution in [3.8, 4) is 11.3 Å². The molecule has 0 spiro atoms. The van der Waals surface area contributed by atoms with Gasteiger partial charge in [-0.25, -0.2) is 22.4 Å². The number of hydrogen-bond acceptors (Lipinski definition) is 5. The van der Waals surface area contributed by atoms with Gasteiger partial charge in [0.1, 0.15) is 0 Å². The Bertz CT molecular complexity index is 1710. The van der Waals surface area contributed by atoms with Crippen molar-refractivity contribution in [3.63, 3.8) is 0 Å². The van der Waals surface area contributed by atoms with Gasteiger partial charge in [0, 0.05) is 11.8 Å². The van der Waals surface area contributed by atoms with Crippen molar-refractivity contribution in [1.29, 1.82) is 0 Å². The molecule has 0 bridgehead atoms. The van der Waals surface area contributed by atoms with Crippen LogP contribution in [-0.2, 0) is 21.8 Å². The van der Waals surface area contributed by atoms with Crippen molar-refractivity contribution >= 4 is 26.7 Å². The monoisotopic (exact) mass is 514 g/mol. The molecule has 11 heteroatoms. The van der Waals surface area contributed by atoms with Gasteiger partial charge < -0.3 is 5.11 Å². The minimum absolute atomic E-state index is 0.0123. The van der Waals surface area contributed by atoms with Gasteiger partial charge in [0.2, 0.25) is 5.82 Å². The van der Waals surface area contributed by atoms with Crippen LogP contribution in [0.25, 0.3) is 27.9 Å². The lowest BCUT2D eigenvalue weighted by atomic mass is 9.97. The van der Waals surface area contributed by atoms with Gasteiger partial charge in [-0.15, -0.1) is 0 Å². The van der Waals surface area contributed by atoms with E-state index in [-0.39, 0.29) is 27.3 Å². The Morgan fingerprint density at radius 1 is 0.917 bits per heavy atom. The van der Waals surface area contributed by atoms with Crippen molar-refractivity contribution in [2.24, 2.45) is 0 Å². The van der Waals surface area contributed by atoms with E-state index in [0.717, 1.165) is 13.9 Å². The van der Waals surface area contributed by atoms with Crippen molar-refractivity contribution < 1.29 is 26.7 Å². The fraction of sp³-hybridized carbons (Fsp3) is 0.200. The highest BCUT2D eigenvalue weighted by Crippen LogP contribution is 2.36. The molecule has 0 radical (unpaired) electrons. The standard InChI is InChI=1S/C25H21F3N4O3S/c1-15-4-10-18(11-5-15)36(34,35)31-13-12-19-22(31)29-14-20-21(30-23(32(19)20)25(26,27)28)16-6-8-17(9-7-16)24(2,3)33/h4-14,33H,1-3H3. The van der Waals surface area contributed by atoms with Crippen LogP contribution < -0.4 is 0 Å². The topological polar surface area (TPSA) is 89.5 Å². The van der Waals surface area contributed by atoms with E-state index < -0.39 is 27.6 Å². The van der Waals surface area contributed by atoms with Crippen molar-refractivity contribution in [2.45, 2.75) is 37.4 Å². The Morgan fingerprint density at radius 3 is 2.14 bits per heavy atom. The predicted octanol–water partition coefficient (Wildman–Crippen LogP) is 5.14. The summed E-state index contributed by atoms with van der Waals surface area (Å²) in [5.74, 6) is -1.20. The minimum Gasteiger partial charge on any atom is -0.386 e. The van der Waals surface area contributed by atoms with Crippen LogP contribution in [0.4, 0.5) is 13.2 Å². The fourth-order valence-corrected chi connectivity index (χ4v) is 5.37. The van der Waals surface area contributed by atoms with Gasteiger partial charge in [0.05, 0.1) is 33.4 Å². The molecule has 3 aromatic heterocycles. The van der Waals surface area contributed by atoms with Crippen LogP contribution in [0.3, 0.4) is 0 Å². The number of nitrogens with zero attached hydrogens (tertiary/aromatic N) is 4. The lowest BCUT2D eigenvalue weighted by Crippen LogP contribution is -2.14. The van der Waals surface area contributed by atoms with Crippen LogP contribution in [0.1, 0.15) is 30.8 Å². The second kappa shape index (κ2) is 7.90. The third-order valence-electron chi connectivity index (χ3n) is 5.96. The molecule has 0 aliphatic carbocycles. The van der Waals surface area contributed by atoms with Crippen LogP contribution in [0.15, 0.2) is 71.9 Å². The molecule has 36 heavy (non-hydrogen) atoms. The summed E-state index contributed by atoms with van der Waals surface area (Å²) in [6, 6.07) is 13.8. The van der Waals surface area contributed by atoms with E-state index in [9.17, 15) is 26.7 Å². The maximum atomic E-state index is 14.1. The molecule has 0 aliphatic heterocycles. The number of rotatable bonds is 4. The maximum Gasteiger partial charge on any atom is 0.450 e. The molecule has 0 amide bonds. The summed E-state index contributed by atoms with van der Waals surface area (Å²) in [6.45, 7) is 5.02. The highest BCUT2D eigenvalue weighted by atomic mass is 32.2. The molecule has 0 atom stereocenters. The van der Waals surface area contributed by atoms with E-state index >= 15 is 0 Å². The zero-order valence-corrected chi connectivity index (χ0v) is 20.3. The molecular weight excluding hydrogens is 493 g/mol. The van der Waals surface area contributed by atoms with Crippen LogP contribution in [0.2, 0.25) is 0 Å². The lowest BCUT2D eigenvalue weighted by molar-refractivity contribution is -0.145.